The van der Waals surface area contributed by atoms with Gasteiger partial charge in [-0.25, -0.2) is 4.79 Å². The van der Waals surface area contributed by atoms with E-state index in [2.05, 4.69) is 41.7 Å². The molecule has 1 atom stereocenters. The van der Waals surface area contributed by atoms with E-state index in [1.54, 1.807) is 24.3 Å². The smallest absolute Gasteiger partial charge is 0.388 e. The molecule has 1 aliphatic heterocycles. The molecule has 10 heteroatoms. The van der Waals surface area contributed by atoms with E-state index < -0.39 is 12.0 Å². The number of benzene rings is 2. The molecular formula is C24H25BrClN5O3. The van der Waals surface area contributed by atoms with E-state index in [1.165, 1.54) is 6.42 Å². The summed E-state index contributed by atoms with van der Waals surface area (Å²) in [7, 11) is 0. The Morgan fingerprint density at radius 1 is 1.09 bits per heavy atom. The number of halogens is 2. The van der Waals surface area contributed by atoms with E-state index in [-0.39, 0.29) is 17.7 Å². The zero-order chi connectivity index (χ0) is 23.9. The number of hydrogen-bond acceptors (Lipinski definition) is 5. The Hall–Kier alpha value is -2.88. The molecule has 8 nitrogen and oxygen atoms in total. The molecule has 4 rings (SSSR count). The molecule has 1 fully saturated rings. The van der Waals surface area contributed by atoms with Crippen molar-refractivity contribution in [1.82, 2.24) is 20.4 Å². The Labute approximate surface area is 211 Å². The molecule has 0 aliphatic carbocycles. The number of likely N-dealkylation sites (tertiary alicyclic amines) is 1. The molecule has 1 aliphatic rings. The molecule has 3 N–H and O–H groups in total. The maximum absolute atomic E-state index is 12.8. The average Bonchev–Trinajstić information content (AvgIpc) is 3.18. The van der Waals surface area contributed by atoms with Crippen molar-refractivity contribution in [2.24, 2.45) is 0 Å². The van der Waals surface area contributed by atoms with Crippen molar-refractivity contribution in [2.45, 2.75) is 25.3 Å². The van der Waals surface area contributed by atoms with Gasteiger partial charge in [0.2, 0.25) is 0 Å². The highest BCUT2D eigenvalue weighted by Gasteiger charge is 2.23. The molecule has 2 heterocycles. The lowest BCUT2D eigenvalue weighted by Gasteiger charge is -2.30. The summed E-state index contributed by atoms with van der Waals surface area (Å²) in [4.78, 5) is 27.6. The zero-order valence-corrected chi connectivity index (χ0v) is 20.7. The Morgan fingerprint density at radius 2 is 1.79 bits per heavy atom. The molecule has 0 spiro atoms. The lowest BCUT2D eigenvalue weighted by Crippen LogP contribution is -2.41. The SMILES string of the molecule is O=C(N[C@H](CN1CCCCC1)c1ccccc1)Oc1n[nH]c(NC(=O)c2ccccc2Cl)c1Br. The van der Waals surface area contributed by atoms with Gasteiger partial charge in [0, 0.05) is 6.54 Å². The number of hydrogen-bond donors (Lipinski definition) is 3. The summed E-state index contributed by atoms with van der Waals surface area (Å²) in [5.41, 5.74) is 1.31. The second-order valence-corrected chi connectivity index (χ2v) is 9.21. The summed E-state index contributed by atoms with van der Waals surface area (Å²) < 4.78 is 5.76. The molecule has 0 saturated carbocycles. The summed E-state index contributed by atoms with van der Waals surface area (Å²) in [6, 6.07) is 16.3. The Kier molecular flexibility index (Phi) is 8.21. The van der Waals surface area contributed by atoms with Crippen LogP contribution in [0.4, 0.5) is 10.6 Å². The predicted molar refractivity (Wildman–Crippen MR) is 134 cm³/mol. The van der Waals surface area contributed by atoms with Crippen molar-refractivity contribution in [3.63, 3.8) is 0 Å². The zero-order valence-electron chi connectivity index (χ0n) is 18.4. The maximum Gasteiger partial charge on any atom is 0.414 e. The lowest BCUT2D eigenvalue weighted by atomic mass is 10.0. The molecule has 178 valence electrons. The molecule has 0 radical (unpaired) electrons. The van der Waals surface area contributed by atoms with Crippen molar-refractivity contribution in [1.29, 1.82) is 0 Å². The van der Waals surface area contributed by atoms with Gasteiger partial charge in [-0.05, 0) is 59.6 Å². The first-order valence-electron chi connectivity index (χ1n) is 11.1. The molecule has 1 saturated heterocycles. The third-order valence-corrected chi connectivity index (χ3v) is 6.67. The molecule has 3 aromatic rings. The van der Waals surface area contributed by atoms with Gasteiger partial charge in [-0.15, -0.1) is 5.10 Å². The molecular weight excluding hydrogens is 522 g/mol. The van der Waals surface area contributed by atoms with E-state index in [4.69, 9.17) is 16.3 Å². The standard InChI is InChI=1S/C24H25BrClN5O3/c25-20-21(28-22(32)17-11-5-6-12-18(17)26)29-30-23(20)34-24(33)27-19(16-9-3-1-4-10-16)15-31-13-7-2-8-14-31/h1,3-6,9-12,19H,2,7-8,13-15H2,(H,27,33)(H2,28,29,30,32)/t19-/m1/s1. The fourth-order valence-electron chi connectivity index (χ4n) is 3.87. The highest BCUT2D eigenvalue weighted by molar-refractivity contribution is 9.10. The molecule has 0 unspecified atom stereocenters. The van der Waals surface area contributed by atoms with Crippen LogP contribution in [-0.2, 0) is 0 Å². The Bertz CT molecular complexity index is 1130. The number of aromatic nitrogens is 2. The minimum atomic E-state index is -0.637. The third-order valence-electron chi connectivity index (χ3n) is 5.61. The number of piperidine rings is 1. The Balaban J connectivity index is 1.41. The van der Waals surface area contributed by atoms with Crippen molar-refractivity contribution >= 4 is 45.3 Å². The first kappa shape index (κ1) is 24.3. The summed E-state index contributed by atoms with van der Waals surface area (Å²) in [5, 5.41) is 12.6. The summed E-state index contributed by atoms with van der Waals surface area (Å²) in [6.07, 6.45) is 2.93. The van der Waals surface area contributed by atoms with Crippen molar-refractivity contribution in [3.05, 3.63) is 75.2 Å². The third kappa shape index (κ3) is 6.16. The van der Waals surface area contributed by atoms with Crippen LogP contribution in [0.15, 0.2) is 59.1 Å². The number of amides is 2. The van der Waals surface area contributed by atoms with E-state index in [0.717, 1.165) is 31.5 Å². The fourth-order valence-corrected chi connectivity index (χ4v) is 4.45. The number of aromatic amines is 1. The average molecular weight is 547 g/mol. The normalized spacial score (nSPS) is 14.9. The van der Waals surface area contributed by atoms with Gasteiger partial charge in [-0.1, -0.05) is 60.5 Å². The van der Waals surface area contributed by atoms with Crippen LogP contribution in [0.5, 0.6) is 5.88 Å². The van der Waals surface area contributed by atoms with Gasteiger partial charge in [0.15, 0.2) is 0 Å². The monoisotopic (exact) mass is 545 g/mol. The number of anilines is 1. The molecule has 2 amide bonds. The highest BCUT2D eigenvalue weighted by Crippen LogP contribution is 2.31. The van der Waals surface area contributed by atoms with Gasteiger partial charge >= 0.3 is 6.09 Å². The van der Waals surface area contributed by atoms with Crippen LogP contribution in [-0.4, -0.2) is 46.7 Å². The molecule has 0 bridgehead atoms. The quantitative estimate of drug-likeness (QED) is 0.369. The first-order valence-corrected chi connectivity index (χ1v) is 12.2. The fraction of sp³-hybridized carbons (Fsp3) is 0.292. The number of nitrogens with zero attached hydrogens (tertiary/aromatic N) is 2. The number of rotatable bonds is 7. The topological polar surface area (TPSA) is 99.3 Å². The van der Waals surface area contributed by atoms with Gasteiger partial charge in [0.1, 0.15) is 10.3 Å². The van der Waals surface area contributed by atoms with Crippen LogP contribution in [0.3, 0.4) is 0 Å². The molecule has 1 aromatic heterocycles. The lowest BCUT2D eigenvalue weighted by molar-refractivity contribution is 0.102. The van der Waals surface area contributed by atoms with Crippen LogP contribution in [0.25, 0.3) is 0 Å². The first-order chi connectivity index (χ1) is 16.5. The number of H-pyrrole nitrogens is 1. The largest absolute Gasteiger partial charge is 0.414 e. The van der Waals surface area contributed by atoms with Crippen molar-refractivity contribution in [3.8, 4) is 5.88 Å². The molecule has 2 aromatic carbocycles. The second-order valence-electron chi connectivity index (χ2n) is 8.01. The highest BCUT2D eigenvalue weighted by atomic mass is 79.9. The van der Waals surface area contributed by atoms with E-state index >= 15 is 0 Å². The maximum atomic E-state index is 12.8. The number of carbonyl (C=O) groups is 2. The van der Waals surface area contributed by atoms with E-state index in [9.17, 15) is 9.59 Å². The van der Waals surface area contributed by atoms with Gasteiger partial charge in [-0.2, -0.15) is 0 Å². The van der Waals surface area contributed by atoms with E-state index in [1.807, 2.05) is 30.3 Å². The minimum absolute atomic E-state index is 0.0109. The van der Waals surface area contributed by atoms with E-state index in [0.29, 0.717) is 21.6 Å². The number of ether oxygens (including phenoxy) is 1. The van der Waals surface area contributed by atoms with Gasteiger partial charge in [-0.3, -0.25) is 9.89 Å². The van der Waals surface area contributed by atoms with Crippen LogP contribution in [0.1, 0.15) is 41.2 Å². The van der Waals surface area contributed by atoms with Crippen LogP contribution in [0.2, 0.25) is 5.02 Å². The predicted octanol–water partition coefficient (Wildman–Crippen LogP) is 5.39. The second kappa shape index (κ2) is 11.5. The summed E-state index contributed by atoms with van der Waals surface area (Å²) in [5.74, 6) is -0.158. The van der Waals surface area contributed by atoms with Crippen molar-refractivity contribution < 1.29 is 14.3 Å². The number of nitrogens with one attached hydrogen (secondary N) is 3. The van der Waals surface area contributed by atoms with Crippen molar-refractivity contribution in [2.75, 3.05) is 25.0 Å². The minimum Gasteiger partial charge on any atom is -0.388 e. The van der Waals surface area contributed by atoms with Gasteiger partial charge < -0.3 is 20.3 Å². The van der Waals surface area contributed by atoms with Gasteiger partial charge in [0.25, 0.3) is 11.8 Å². The van der Waals surface area contributed by atoms with Crippen LogP contribution < -0.4 is 15.4 Å². The summed E-state index contributed by atoms with van der Waals surface area (Å²) in [6.45, 7) is 2.72. The summed E-state index contributed by atoms with van der Waals surface area (Å²) >= 11 is 9.42. The van der Waals surface area contributed by atoms with Crippen LogP contribution >= 0.6 is 27.5 Å². The number of carbonyl (C=O) groups excluding carboxylic acids is 2. The molecule has 34 heavy (non-hydrogen) atoms. The van der Waals surface area contributed by atoms with Gasteiger partial charge in [0.05, 0.1) is 16.6 Å². The van der Waals surface area contributed by atoms with Crippen LogP contribution in [0, 0.1) is 0 Å². The Morgan fingerprint density at radius 3 is 2.53 bits per heavy atom.